The summed E-state index contributed by atoms with van der Waals surface area (Å²) in [6.45, 7) is 0. The van der Waals surface area contributed by atoms with Gasteiger partial charge in [-0.15, -0.1) is 10.2 Å². The number of nitro benzene ring substituents is 1. The Kier molecular flexibility index (Phi) is 5.98. The Morgan fingerprint density at radius 2 is 1.69 bits per heavy atom. The third kappa shape index (κ3) is 4.37. The average Bonchev–Trinajstić information content (AvgIpc) is 2.84. The maximum atomic E-state index is 12.0. The lowest BCUT2D eigenvalue weighted by atomic mass is 9.97. The SMILES string of the molecule is COC(=O)c1cccc(-c2nnc(-c3ccccc3[N+](=O)[O-])cc2Cc2ccccc2)c1. The second kappa shape index (κ2) is 9.18. The van der Waals surface area contributed by atoms with Crippen molar-refractivity contribution < 1.29 is 14.5 Å². The molecule has 0 aliphatic heterocycles. The van der Waals surface area contributed by atoms with Crippen LogP contribution in [0.1, 0.15) is 21.5 Å². The second-order valence-electron chi connectivity index (χ2n) is 7.11. The van der Waals surface area contributed by atoms with Crippen molar-refractivity contribution in [3.63, 3.8) is 0 Å². The second-order valence-corrected chi connectivity index (χ2v) is 7.11. The summed E-state index contributed by atoms with van der Waals surface area (Å²) >= 11 is 0. The number of esters is 1. The summed E-state index contributed by atoms with van der Waals surface area (Å²) in [4.78, 5) is 23.1. The van der Waals surface area contributed by atoms with Crippen LogP contribution in [0.3, 0.4) is 0 Å². The molecule has 0 N–H and O–H groups in total. The number of hydrogen-bond donors (Lipinski definition) is 0. The standard InChI is InChI=1S/C25H19N3O4/c1-32-25(29)19-11-7-10-18(15-19)24-20(14-17-8-3-2-4-9-17)16-22(26-27-24)21-12-5-6-13-23(21)28(30)31/h2-13,15-16H,14H2,1H3. The molecule has 0 saturated heterocycles. The van der Waals surface area contributed by atoms with Crippen LogP contribution in [0.15, 0.2) is 84.9 Å². The van der Waals surface area contributed by atoms with E-state index in [9.17, 15) is 14.9 Å². The van der Waals surface area contributed by atoms with Crippen molar-refractivity contribution in [1.29, 1.82) is 0 Å². The Morgan fingerprint density at radius 1 is 0.938 bits per heavy atom. The number of para-hydroxylation sites is 1. The molecule has 0 spiro atoms. The number of carbonyl (C=O) groups is 1. The van der Waals surface area contributed by atoms with E-state index >= 15 is 0 Å². The molecule has 0 fully saturated rings. The number of nitro groups is 1. The summed E-state index contributed by atoms with van der Waals surface area (Å²) < 4.78 is 4.83. The van der Waals surface area contributed by atoms with Crippen LogP contribution in [0, 0.1) is 10.1 Å². The van der Waals surface area contributed by atoms with Crippen LogP contribution in [0.4, 0.5) is 5.69 Å². The van der Waals surface area contributed by atoms with Crippen molar-refractivity contribution in [2.24, 2.45) is 0 Å². The van der Waals surface area contributed by atoms with E-state index in [0.29, 0.717) is 34.5 Å². The first kappa shape index (κ1) is 20.9. The fraction of sp³-hybridized carbons (Fsp3) is 0.0800. The van der Waals surface area contributed by atoms with Gasteiger partial charge in [-0.1, -0.05) is 54.6 Å². The summed E-state index contributed by atoms with van der Waals surface area (Å²) in [7, 11) is 1.33. The molecule has 0 unspecified atom stereocenters. The van der Waals surface area contributed by atoms with Gasteiger partial charge in [-0.2, -0.15) is 0 Å². The molecule has 7 nitrogen and oxygen atoms in total. The topological polar surface area (TPSA) is 95.2 Å². The number of nitrogens with zero attached hydrogens (tertiary/aromatic N) is 3. The molecular weight excluding hydrogens is 406 g/mol. The smallest absolute Gasteiger partial charge is 0.337 e. The van der Waals surface area contributed by atoms with Crippen molar-refractivity contribution >= 4 is 11.7 Å². The summed E-state index contributed by atoms with van der Waals surface area (Å²) in [6.07, 6.45) is 0.543. The first-order chi connectivity index (χ1) is 15.6. The molecule has 0 atom stereocenters. The van der Waals surface area contributed by atoms with Crippen LogP contribution in [0.5, 0.6) is 0 Å². The van der Waals surface area contributed by atoms with Crippen LogP contribution in [-0.4, -0.2) is 28.2 Å². The normalized spacial score (nSPS) is 10.5. The molecule has 1 aromatic heterocycles. The molecule has 0 saturated carbocycles. The highest BCUT2D eigenvalue weighted by Crippen LogP contribution is 2.32. The number of rotatable bonds is 6. The first-order valence-electron chi connectivity index (χ1n) is 9.90. The van der Waals surface area contributed by atoms with Gasteiger partial charge in [-0.3, -0.25) is 10.1 Å². The van der Waals surface area contributed by atoms with Crippen molar-refractivity contribution in [3.05, 3.63) is 112 Å². The van der Waals surface area contributed by atoms with Crippen molar-refractivity contribution in [2.45, 2.75) is 6.42 Å². The summed E-state index contributed by atoms with van der Waals surface area (Å²) in [5.41, 5.74) is 4.38. The molecule has 32 heavy (non-hydrogen) atoms. The van der Waals surface area contributed by atoms with Crippen LogP contribution in [-0.2, 0) is 11.2 Å². The van der Waals surface area contributed by atoms with Gasteiger partial charge >= 0.3 is 5.97 Å². The average molecular weight is 425 g/mol. The van der Waals surface area contributed by atoms with E-state index < -0.39 is 10.9 Å². The van der Waals surface area contributed by atoms with Gasteiger partial charge in [0.1, 0.15) is 5.69 Å². The van der Waals surface area contributed by atoms with E-state index in [1.165, 1.54) is 13.2 Å². The molecule has 0 bridgehead atoms. The minimum atomic E-state index is -0.444. The highest BCUT2D eigenvalue weighted by molar-refractivity contribution is 5.91. The Bertz CT molecular complexity index is 1290. The number of benzene rings is 3. The highest BCUT2D eigenvalue weighted by Gasteiger charge is 2.19. The van der Waals surface area contributed by atoms with E-state index in [2.05, 4.69) is 10.2 Å². The number of ether oxygens (including phenoxy) is 1. The van der Waals surface area contributed by atoms with E-state index in [1.807, 2.05) is 42.5 Å². The molecule has 0 amide bonds. The van der Waals surface area contributed by atoms with Crippen molar-refractivity contribution in [2.75, 3.05) is 7.11 Å². The van der Waals surface area contributed by atoms with Gasteiger partial charge < -0.3 is 4.74 Å². The number of aromatic nitrogens is 2. The number of carbonyl (C=O) groups excluding carboxylic acids is 1. The fourth-order valence-electron chi connectivity index (χ4n) is 3.52. The van der Waals surface area contributed by atoms with Crippen molar-refractivity contribution in [3.8, 4) is 22.5 Å². The Balaban J connectivity index is 1.86. The molecular formula is C25H19N3O4. The predicted molar refractivity (Wildman–Crippen MR) is 120 cm³/mol. The van der Waals surface area contributed by atoms with Crippen LogP contribution in [0.2, 0.25) is 0 Å². The lowest BCUT2D eigenvalue weighted by Crippen LogP contribution is -2.03. The molecule has 7 heteroatoms. The number of hydrogen-bond acceptors (Lipinski definition) is 6. The third-order valence-corrected chi connectivity index (χ3v) is 5.04. The van der Waals surface area contributed by atoms with E-state index in [4.69, 9.17) is 4.74 Å². The molecule has 1 heterocycles. The fourth-order valence-corrected chi connectivity index (χ4v) is 3.52. The molecule has 3 aromatic carbocycles. The zero-order valence-electron chi connectivity index (χ0n) is 17.3. The van der Waals surface area contributed by atoms with Crippen molar-refractivity contribution in [1.82, 2.24) is 10.2 Å². The zero-order chi connectivity index (χ0) is 22.5. The molecule has 0 aliphatic carbocycles. The van der Waals surface area contributed by atoms with Gasteiger partial charge in [0.25, 0.3) is 5.69 Å². The number of methoxy groups -OCH3 is 1. The van der Waals surface area contributed by atoms with Crippen LogP contribution < -0.4 is 0 Å². The van der Waals surface area contributed by atoms with Crippen LogP contribution >= 0.6 is 0 Å². The van der Waals surface area contributed by atoms with E-state index in [-0.39, 0.29) is 5.69 Å². The van der Waals surface area contributed by atoms with Gasteiger partial charge in [0.05, 0.1) is 28.9 Å². The maximum absolute atomic E-state index is 12.0. The Hall–Kier alpha value is -4.39. The predicted octanol–water partition coefficient (Wildman–Crippen LogP) is 5.10. The molecule has 0 aliphatic rings. The minimum absolute atomic E-state index is 0.0344. The van der Waals surface area contributed by atoms with E-state index in [0.717, 1.165) is 11.1 Å². The lowest BCUT2D eigenvalue weighted by molar-refractivity contribution is -0.384. The van der Waals surface area contributed by atoms with E-state index in [1.54, 1.807) is 36.4 Å². The molecule has 4 rings (SSSR count). The lowest BCUT2D eigenvalue weighted by Gasteiger charge is -2.12. The van der Waals surface area contributed by atoms with Gasteiger partial charge in [0.2, 0.25) is 0 Å². The minimum Gasteiger partial charge on any atom is -0.465 e. The quantitative estimate of drug-likeness (QED) is 0.242. The summed E-state index contributed by atoms with van der Waals surface area (Å²) in [5, 5.41) is 20.2. The molecule has 0 radical (unpaired) electrons. The summed E-state index contributed by atoms with van der Waals surface area (Å²) in [6, 6.07) is 25.1. The maximum Gasteiger partial charge on any atom is 0.337 e. The highest BCUT2D eigenvalue weighted by atomic mass is 16.6. The van der Waals surface area contributed by atoms with Gasteiger partial charge in [0, 0.05) is 11.6 Å². The zero-order valence-corrected chi connectivity index (χ0v) is 17.3. The molecule has 158 valence electrons. The van der Waals surface area contributed by atoms with Gasteiger partial charge in [0.15, 0.2) is 0 Å². The molecule has 4 aromatic rings. The monoisotopic (exact) mass is 425 g/mol. The largest absolute Gasteiger partial charge is 0.465 e. The van der Waals surface area contributed by atoms with Gasteiger partial charge in [-0.05, 0) is 41.8 Å². The Labute approximate surface area is 184 Å². The van der Waals surface area contributed by atoms with Gasteiger partial charge in [-0.25, -0.2) is 4.79 Å². The van der Waals surface area contributed by atoms with Crippen LogP contribution in [0.25, 0.3) is 22.5 Å². The first-order valence-corrected chi connectivity index (χ1v) is 9.90. The Morgan fingerprint density at radius 3 is 2.44 bits per heavy atom. The third-order valence-electron chi connectivity index (χ3n) is 5.04. The summed E-state index contributed by atoms with van der Waals surface area (Å²) in [5.74, 6) is -0.444.